The van der Waals surface area contributed by atoms with Gasteiger partial charge in [0.1, 0.15) is 41.3 Å². The molecular formula is C85H105Cl4LiN10O18. The van der Waals surface area contributed by atoms with Crippen LogP contribution in [0.2, 0.25) is 15.1 Å². The van der Waals surface area contributed by atoms with Crippen LogP contribution in [-0.2, 0) is 66.8 Å². The predicted molar refractivity (Wildman–Crippen MR) is 448 cm³/mol. The number of nitrogens with one attached hydrogen (secondary N) is 4. The molecule has 6 aliphatic heterocycles. The number of alkyl halides is 1. The number of fused-ring (bicyclic) bond motifs is 9. The molecule has 0 saturated carbocycles. The maximum Gasteiger partial charge on any atom is 1.00 e. The first kappa shape index (κ1) is 94.5. The fraction of sp³-hybridized carbons (Fsp3) is 0.435. The molecule has 15 rings (SSSR count). The number of methoxy groups -OCH3 is 3. The molecule has 6 aliphatic rings. The molecule has 632 valence electrons. The van der Waals surface area contributed by atoms with E-state index in [9.17, 15) is 33.9 Å². The van der Waals surface area contributed by atoms with Crippen LogP contribution in [0.25, 0.3) is 32.7 Å². The molecule has 9 aromatic rings. The third kappa shape index (κ3) is 25.5. The molecule has 0 bridgehead atoms. The average molecular weight is 1700 g/mol. The number of rotatable bonds is 19. The maximum atomic E-state index is 12.9. The Morgan fingerprint density at radius 1 is 0.492 bits per heavy atom. The number of carbonyl (C=O) groups is 6. The van der Waals surface area contributed by atoms with Gasteiger partial charge in [-0.05, 0) is 177 Å². The number of nitrogens with zero attached hydrogens (tertiary/aromatic N) is 6. The molecule has 3 saturated heterocycles. The number of aromatic nitrogens is 3. The summed E-state index contributed by atoms with van der Waals surface area (Å²) in [6.07, 6.45) is 3.60. The summed E-state index contributed by atoms with van der Waals surface area (Å²) in [5.41, 5.74) is 11.9. The van der Waals surface area contributed by atoms with E-state index >= 15 is 0 Å². The summed E-state index contributed by atoms with van der Waals surface area (Å²) in [5, 5.41) is 26.9. The van der Waals surface area contributed by atoms with Crippen molar-refractivity contribution in [3.8, 4) is 17.2 Å². The number of phenols is 1. The standard InChI is InChI=1S/C29H35ClN4O5.C22H21ClN2O5.C20H19ClN2O3.C7H16N2O.C4H8O.C3H5ClO2.Li.H2O/c1-3-38-29(36)34-11-10-23-24-18-21(30)6-9-25(24)31-27(23)28(34)20-4-7-22(8-5-20)39-19-26(35)33-14-12-32(13-15-33)16-17-37-2;1-2-29-22(28)25-10-9-16-17-11-14(23)5-8-18(17)24-20(16)21(25)13-3-6-15(7-4-13)30-12-19(26)27;1-2-26-20(25)23-10-9-15-16-11-13(21)5-8-17(16)22-18(15)19(23)12-3-6-14(24)7-4-12;1-10-7-6-9-4-2-8-3-5-9;1-2-4-5-3-1;1-6-3(5)2-4;;/h4-9,18,28,31H,3,10-17,19H2,1-2H3;3-8,11,21,24H,2,9-10,12H2,1H3,(H,26,27);3-8,11,19,22,24H,2,9-10H2,1H3;8H,2-7H2,1H3;1-4H2;2H2,1H3;;1H2/q;;;;;;+1;/p-1. The quantitative estimate of drug-likeness (QED) is 0.0190. The molecule has 0 spiro atoms. The van der Waals surface area contributed by atoms with Crippen LogP contribution >= 0.6 is 46.4 Å². The molecule has 3 fully saturated rings. The van der Waals surface area contributed by atoms with Crippen LogP contribution in [0, 0.1) is 0 Å². The van der Waals surface area contributed by atoms with E-state index in [1.807, 2.05) is 115 Å². The van der Waals surface area contributed by atoms with Crippen molar-refractivity contribution in [2.45, 2.75) is 71.0 Å². The van der Waals surface area contributed by atoms with Gasteiger partial charge in [0.2, 0.25) is 0 Å². The normalized spacial score (nSPS) is 16.7. The van der Waals surface area contributed by atoms with Crippen LogP contribution in [-0.4, -0.2) is 268 Å². The Morgan fingerprint density at radius 2 is 0.856 bits per heavy atom. The predicted octanol–water partition coefficient (Wildman–Crippen LogP) is 10.7. The third-order valence-corrected chi connectivity index (χ3v) is 21.3. The first-order valence-corrected chi connectivity index (χ1v) is 40.7. The van der Waals surface area contributed by atoms with E-state index in [-0.39, 0.29) is 84.9 Å². The van der Waals surface area contributed by atoms with E-state index in [1.54, 1.807) is 67.0 Å². The van der Waals surface area contributed by atoms with E-state index in [2.05, 4.69) is 34.8 Å². The molecular weight excluding hydrogens is 1600 g/mol. The Kier molecular flexibility index (Phi) is 38.2. The van der Waals surface area contributed by atoms with E-state index in [0.29, 0.717) is 98.6 Å². The van der Waals surface area contributed by atoms with Gasteiger partial charge in [0.05, 0.1) is 40.1 Å². The Morgan fingerprint density at radius 3 is 1.18 bits per heavy atom. The number of phenolic OH excluding ortho intramolecular Hbond substituents is 1. The maximum absolute atomic E-state index is 12.9. The van der Waals surface area contributed by atoms with E-state index in [0.717, 1.165) is 143 Å². The number of carboxylic acids is 1. The number of ether oxygens (including phenoxy) is 9. The second-order valence-corrected chi connectivity index (χ2v) is 29.4. The van der Waals surface area contributed by atoms with Crippen LogP contribution in [0.3, 0.4) is 0 Å². The Balaban J connectivity index is 0.000000197. The first-order chi connectivity index (χ1) is 56.3. The smallest absolute Gasteiger partial charge is 0.870 e. The van der Waals surface area contributed by atoms with Gasteiger partial charge in [-0.25, -0.2) is 19.2 Å². The summed E-state index contributed by atoms with van der Waals surface area (Å²) in [5.74, 6) is -0.270. The molecule has 7 N–H and O–H groups in total. The van der Waals surface area contributed by atoms with Crippen molar-refractivity contribution in [2.75, 3.05) is 172 Å². The molecule has 118 heavy (non-hydrogen) atoms. The zero-order valence-electron chi connectivity index (χ0n) is 67.8. The van der Waals surface area contributed by atoms with Gasteiger partial charge in [-0.3, -0.25) is 34.1 Å². The van der Waals surface area contributed by atoms with Gasteiger partial charge in [-0.15, -0.1) is 11.6 Å². The van der Waals surface area contributed by atoms with E-state index in [4.69, 9.17) is 89.4 Å². The average Bonchev–Trinajstić information content (AvgIpc) is 1.60. The van der Waals surface area contributed by atoms with Crippen LogP contribution in [0.1, 0.15) is 102 Å². The van der Waals surface area contributed by atoms with Crippen molar-refractivity contribution in [1.29, 1.82) is 0 Å². The second-order valence-electron chi connectivity index (χ2n) is 27.8. The first-order valence-electron chi connectivity index (χ1n) is 39.1. The summed E-state index contributed by atoms with van der Waals surface area (Å²) in [6, 6.07) is 37.8. The van der Waals surface area contributed by atoms with Gasteiger partial charge in [0, 0.05) is 177 Å². The van der Waals surface area contributed by atoms with Gasteiger partial charge in [-0.1, -0.05) is 71.2 Å². The summed E-state index contributed by atoms with van der Waals surface area (Å²) < 4.78 is 46.2. The molecule has 3 aromatic heterocycles. The number of amides is 4. The van der Waals surface area contributed by atoms with Gasteiger partial charge in [0.25, 0.3) is 5.91 Å². The van der Waals surface area contributed by atoms with Crippen molar-refractivity contribution < 1.29 is 106 Å². The summed E-state index contributed by atoms with van der Waals surface area (Å²) in [4.78, 5) is 93.6. The Bertz CT molecular complexity index is 4680. The number of aliphatic carboxylic acids is 1. The molecule has 28 nitrogen and oxygen atoms in total. The van der Waals surface area contributed by atoms with Gasteiger partial charge in [-0.2, -0.15) is 0 Å². The van der Waals surface area contributed by atoms with Gasteiger partial charge in [0.15, 0.2) is 13.2 Å². The number of piperazine rings is 2. The number of carbonyl (C=O) groups excluding carboxylic acids is 5. The van der Waals surface area contributed by atoms with Crippen molar-refractivity contribution in [2.24, 2.45) is 0 Å². The number of aromatic hydroxyl groups is 1. The number of hydrogen-bond donors (Lipinski definition) is 6. The van der Waals surface area contributed by atoms with Gasteiger partial charge < -0.3 is 83.5 Å². The zero-order chi connectivity index (χ0) is 82.6. The topological polar surface area (TPSA) is 335 Å². The molecule has 4 amide bonds. The fourth-order valence-corrected chi connectivity index (χ4v) is 15.3. The monoisotopic (exact) mass is 1700 g/mol. The second kappa shape index (κ2) is 47.7. The van der Waals surface area contributed by atoms with E-state index in [1.165, 1.54) is 38.6 Å². The zero-order valence-corrected chi connectivity index (χ0v) is 70.8. The molecule has 0 aliphatic carbocycles. The van der Waals surface area contributed by atoms with Crippen molar-refractivity contribution in [3.63, 3.8) is 0 Å². The van der Waals surface area contributed by atoms with Crippen molar-refractivity contribution in [1.82, 2.24) is 49.7 Å². The van der Waals surface area contributed by atoms with Crippen LogP contribution in [0.4, 0.5) is 14.4 Å². The third-order valence-electron chi connectivity index (χ3n) is 20.4. The number of aromatic amines is 3. The SMILES string of the molecule is C1CCOC1.CCOC(=O)N1CCc2c([nH]c3ccc(Cl)cc23)C1c1ccc(O)cc1.CCOC(=O)N1CCc2c([nH]c3ccc(Cl)cc23)C1c1ccc(OCC(=O)N2CCN(CCOC)CC2)cc1.CCOC(=O)N1CCc2c([nH]c3ccc(Cl)cc23)C1c1ccc(OCC(=O)O)cc1.COC(=O)CCl.COCCN1CCNCC1.[Li+].[OH-]. The van der Waals surface area contributed by atoms with Gasteiger partial charge >= 0.3 is 49.1 Å². The molecule has 3 atom stereocenters. The Labute approximate surface area is 719 Å². The number of benzene rings is 6. The number of hydrogen-bond acceptors (Lipinski definition) is 20. The largest absolute Gasteiger partial charge is 1.00 e. The van der Waals surface area contributed by atoms with Crippen LogP contribution in [0.5, 0.6) is 17.2 Å². The summed E-state index contributed by atoms with van der Waals surface area (Å²) in [7, 11) is 4.75. The minimum atomic E-state index is -1.04. The fourth-order valence-electron chi connectivity index (χ4n) is 14.7. The van der Waals surface area contributed by atoms with Crippen molar-refractivity contribution >= 4 is 115 Å². The summed E-state index contributed by atoms with van der Waals surface area (Å²) in [6.45, 7) is 20.6. The minimum Gasteiger partial charge on any atom is -0.870 e. The molecule has 6 aromatic carbocycles. The number of H-pyrrole nitrogens is 3. The number of carboxylic acid groups (broad SMARTS) is 1. The van der Waals surface area contributed by atoms with Crippen LogP contribution < -0.4 is 33.7 Å². The van der Waals surface area contributed by atoms with Crippen LogP contribution in [0.15, 0.2) is 127 Å². The number of halogens is 4. The molecule has 3 unspecified atom stereocenters. The summed E-state index contributed by atoms with van der Waals surface area (Å²) >= 11 is 23.7. The molecule has 9 heterocycles. The molecule has 0 radical (unpaired) electrons. The Hall–Kier alpha value is -8.96. The van der Waals surface area contributed by atoms with Crippen molar-refractivity contribution in [3.05, 3.63) is 193 Å². The van der Waals surface area contributed by atoms with E-state index < -0.39 is 18.5 Å². The minimum absolute atomic E-state index is 0. The number of esters is 1. The molecule has 33 heteroatoms.